The number of non-ortho nitro benzene ring substituents is 1. The Bertz CT molecular complexity index is 648. The summed E-state index contributed by atoms with van der Waals surface area (Å²) in [7, 11) is 0. The first-order chi connectivity index (χ1) is 9.58. The minimum absolute atomic E-state index is 0.0462. The minimum Gasteiger partial charge on any atom is -0.379 e. The molecule has 1 fully saturated rings. The van der Waals surface area contributed by atoms with Gasteiger partial charge in [-0.1, -0.05) is 17.3 Å². The average molecular weight is 276 g/mol. The van der Waals surface area contributed by atoms with Gasteiger partial charge in [-0.25, -0.2) is 0 Å². The van der Waals surface area contributed by atoms with Crippen LogP contribution in [-0.2, 0) is 5.60 Å². The fourth-order valence-corrected chi connectivity index (χ4v) is 2.15. The summed E-state index contributed by atoms with van der Waals surface area (Å²) < 4.78 is 5.09. The van der Waals surface area contributed by atoms with E-state index in [4.69, 9.17) is 4.52 Å². The van der Waals surface area contributed by atoms with Crippen LogP contribution in [0.15, 0.2) is 28.8 Å². The zero-order chi connectivity index (χ0) is 14.2. The second kappa shape index (κ2) is 4.66. The van der Waals surface area contributed by atoms with Crippen LogP contribution in [0.2, 0.25) is 0 Å². The van der Waals surface area contributed by atoms with Crippen molar-refractivity contribution in [2.75, 3.05) is 13.1 Å². The molecular formula is C12H12N4O4. The first-order valence-electron chi connectivity index (χ1n) is 6.11. The number of benzene rings is 1. The van der Waals surface area contributed by atoms with Crippen LogP contribution in [0.25, 0.3) is 11.4 Å². The second-order valence-corrected chi connectivity index (χ2v) is 4.69. The number of rotatable bonds is 3. The van der Waals surface area contributed by atoms with Crippen LogP contribution in [0.3, 0.4) is 0 Å². The molecule has 1 aromatic heterocycles. The zero-order valence-electron chi connectivity index (χ0n) is 10.4. The highest BCUT2D eigenvalue weighted by atomic mass is 16.6. The van der Waals surface area contributed by atoms with E-state index >= 15 is 0 Å². The van der Waals surface area contributed by atoms with Crippen molar-refractivity contribution in [2.45, 2.75) is 12.0 Å². The Balaban J connectivity index is 1.94. The fraction of sp³-hybridized carbons (Fsp3) is 0.333. The van der Waals surface area contributed by atoms with Crippen molar-refractivity contribution in [3.8, 4) is 11.4 Å². The summed E-state index contributed by atoms with van der Waals surface area (Å²) in [6, 6.07) is 5.96. The number of nitrogens with zero attached hydrogens (tertiary/aromatic N) is 3. The molecule has 8 heteroatoms. The molecule has 1 aliphatic rings. The summed E-state index contributed by atoms with van der Waals surface area (Å²) >= 11 is 0. The van der Waals surface area contributed by atoms with E-state index in [9.17, 15) is 15.2 Å². The molecule has 1 aromatic carbocycles. The summed E-state index contributed by atoms with van der Waals surface area (Å²) in [5.41, 5.74) is -0.731. The van der Waals surface area contributed by atoms with Crippen molar-refractivity contribution < 1.29 is 14.6 Å². The number of β-amino-alcohol motifs (C(OH)–C–C–N with tert-alkyl or cyclic N) is 1. The molecule has 0 radical (unpaired) electrons. The molecular weight excluding hydrogens is 264 g/mol. The van der Waals surface area contributed by atoms with Crippen LogP contribution in [0.4, 0.5) is 5.69 Å². The lowest BCUT2D eigenvalue weighted by atomic mass is 10.0. The lowest BCUT2D eigenvalue weighted by molar-refractivity contribution is -0.384. The molecule has 8 nitrogen and oxygen atoms in total. The smallest absolute Gasteiger partial charge is 0.270 e. The van der Waals surface area contributed by atoms with Gasteiger partial charge in [0.1, 0.15) is 0 Å². The van der Waals surface area contributed by atoms with E-state index in [0.717, 1.165) is 0 Å². The highest BCUT2D eigenvalue weighted by molar-refractivity contribution is 5.58. The number of nitro benzene ring substituents is 1. The number of nitro groups is 1. The summed E-state index contributed by atoms with van der Waals surface area (Å²) in [5.74, 6) is 0.355. The van der Waals surface area contributed by atoms with E-state index in [2.05, 4.69) is 15.5 Å². The van der Waals surface area contributed by atoms with Gasteiger partial charge < -0.3 is 14.9 Å². The van der Waals surface area contributed by atoms with E-state index in [1.807, 2.05) is 0 Å². The Morgan fingerprint density at radius 3 is 3.05 bits per heavy atom. The predicted octanol–water partition coefficient (Wildman–Crippen LogP) is 0.826. The highest BCUT2D eigenvalue weighted by Gasteiger charge is 2.38. The molecule has 3 rings (SSSR count). The van der Waals surface area contributed by atoms with E-state index in [-0.39, 0.29) is 17.4 Å². The molecule has 104 valence electrons. The number of hydrogen-bond donors (Lipinski definition) is 2. The number of aliphatic hydroxyl groups is 1. The summed E-state index contributed by atoms with van der Waals surface area (Å²) in [6.07, 6.45) is 0.490. The van der Waals surface area contributed by atoms with Crippen molar-refractivity contribution in [3.63, 3.8) is 0 Å². The van der Waals surface area contributed by atoms with Crippen LogP contribution in [0, 0.1) is 10.1 Å². The SMILES string of the molecule is O=[N+]([O-])c1cccc(-c2noc(C3(O)CCNC3)n2)c1. The molecule has 0 saturated carbocycles. The van der Waals surface area contributed by atoms with Crippen LogP contribution >= 0.6 is 0 Å². The molecule has 0 amide bonds. The molecule has 1 unspecified atom stereocenters. The molecule has 0 spiro atoms. The van der Waals surface area contributed by atoms with Crippen molar-refractivity contribution in [3.05, 3.63) is 40.3 Å². The number of aromatic nitrogens is 2. The van der Waals surface area contributed by atoms with Gasteiger partial charge in [0.15, 0.2) is 5.60 Å². The van der Waals surface area contributed by atoms with Crippen LogP contribution < -0.4 is 5.32 Å². The molecule has 2 N–H and O–H groups in total. The third-order valence-electron chi connectivity index (χ3n) is 3.27. The average Bonchev–Trinajstić information content (AvgIpc) is 3.08. The summed E-state index contributed by atoms with van der Waals surface area (Å²) in [5, 5.41) is 27.8. The van der Waals surface area contributed by atoms with Gasteiger partial charge in [0.05, 0.1) is 4.92 Å². The van der Waals surface area contributed by atoms with Gasteiger partial charge in [0.2, 0.25) is 5.82 Å². The Morgan fingerprint density at radius 2 is 2.35 bits per heavy atom. The third kappa shape index (κ3) is 2.15. The number of hydrogen-bond acceptors (Lipinski definition) is 7. The molecule has 1 atom stereocenters. The predicted molar refractivity (Wildman–Crippen MR) is 67.8 cm³/mol. The van der Waals surface area contributed by atoms with Gasteiger partial charge >= 0.3 is 0 Å². The molecule has 0 bridgehead atoms. The molecule has 2 heterocycles. The number of nitrogens with one attached hydrogen (secondary N) is 1. The van der Waals surface area contributed by atoms with Crippen molar-refractivity contribution in [1.29, 1.82) is 0 Å². The highest BCUT2D eigenvalue weighted by Crippen LogP contribution is 2.28. The Morgan fingerprint density at radius 1 is 1.50 bits per heavy atom. The standard InChI is InChI=1S/C12H12N4O4/c17-12(4-5-13-7-12)11-14-10(15-20-11)8-2-1-3-9(6-8)16(18)19/h1-3,6,13,17H,4-5,7H2. The van der Waals surface area contributed by atoms with E-state index in [0.29, 0.717) is 25.1 Å². The second-order valence-electron chi connectivity index (χ2n) is 4.69. The van der Waals surface area contributed by atoms with E-state index < -0.39 is 10.5 Å². The van der Waals surface area contributed by atoms with E-state index in [1.165, 1.54) is 12.1 Å². The van der Waals surface area contributed by atoms with Crippen LogP contribution in [0.5, 0.6) is 0 Å². The van der Waals surface area contributed by atoms with Gasteiger partial charge in [-0.3, -0.25) is 10.1 Å². The van der Waals surface area contributed by atoms with Gasteiger partial charge in [0, 0.05) is 24.2 Å². The summed E-state index contributed by atoms with van der Waals surface area (Å²) in [4.78, 5) is 14.4. The van der Waals surface area contributed by atoms with Crippen molar-refractivity contribution in [1.82, 2.24) is 15.5 Å². The minimum atomic E-state index is -1.16. The third-order valence-corrected chi connectivity index (χ3v) is 3.27. The largest absolute Gasteiger partial charge is 0.379 e. The lowest BCUT2D eigenvalue weighted by Crippen LogP contribution is -2.28. The topological polar surface area (TPSA) is 114 Å². The summed E-state index contributed by atoms with van der Waals surface area (Å²) in [6.45, 7) is 1.02. The van der Waals surface area contributed by atoms with Gasteiger partial charge in [0.25, 0.3) is 11.6 Å². The molecule has 1 aliphatic heterocycles. The van der Waals surface area contributed by atoms with Crippen molar-refractivity contribution >= 4 is 5.69 Å². The first kappa shape index (κ1) is 12.7. The molecule has 1 saturated heterocycles. The lowest BCUT2D eigenvalue weighted by Gasteiger charge is -2.14. The zero-order valence-corrected chi connectivity index (χ0v) is 10.4. The van der Waals surface area contributed by atoms with Crippen LogP contribution in [-0.4, -0.2) is 33.3 Å². The normalized spacial score (nSPS) is 22.1. The van der Waals surface area contributed by atoms with Crippen molar-refractivity contribution in [2.24, 2.45) is 0 Å². The maximum absolute atomic E-state index is 10.7. The van der Waals surface area contributed by atoms with Gasteiger partial charge in [-0.2, -0.15) is 4.98 Å². The maximum atomic E-state index is 10.7. The van der Waals surface area contributed by atoms with Gasteiger partial charge in [-0.15, -0.1) is 0 Å². The monoisotopic (exact) mass is 276 g/mol. The first-order valence-corrected chi connectivity index (χ1v) is 6.11. The molecule has 2 aromatic rings. The quantitative estimate of drug-likeness (QED) is 0.630. The van der Waals surface area contributed by atoms with Crippen LogP contribution in [0.1, 0.15) is 12.3 Å². The maximum Gasteiger partial charge on any atom is 0.270 e. The Hall–Kier alpha value is -2.32. The Labute approximate surface area is 113 Å². The molecule has 20 heavy (non-hydrogen) atoms. The van der Waals surface area contributed by atoms with E-state index in [1.54, 1.807) is 12.1 Å². The Kier molecular flexibility index (Phi) is 2.96. The molecule has 0 aliphatic carbocycles. The van der Waals surface area contributed by atoms with Gasteiger partial charge in [-0.05, 0) is 13.0 Å². The fourth-order valence-electron chi connectivity index (χ4n) is 2.15.